The molecule has 5 nitrogen and oxygen atoms in total. The first kappa shape index (κ1) is 15.2. The van der Waals surface area contributed by atoms with Crippen LogP contribution in [-0.2, 0) is 10.2 Å². The van der Waals surface area contributed by atoms with Crippen molar-refractivity contribution in [3.8, 4) is 0 Å². The molecule has 0 bridgehead atoms. The minimum atomic E-state index is -3.33. The van der Waals surface area contributed by atoms with Crippen LogP contribution in [0, 0.1) is 5.92 Å². The van der Waals surface area contributed by atoms with Gasteiger partial charge < -0.3 is 5.73 Å². The van der Waals surface area contributed by atoms with Crippen LogP contribution in [-0.4, -0.2) is 38.4 Å². The van der Waals surface area contributed by atoms with Gasteiger partial charge in [-0.2, -0.15) is 12.7 Å². The molecular weight excluding hydrogens is 262 g/mol. The molecule has 0 aromatic rings. The number of nitrogens with one attached hydrogen (secondary N) is 1. The zero-order valence-corrected chi connectivity index (χ0v) is 12.5. The van der Waals surface area contributed by atoms with Gasteiger partial charge in [0.1, 0.15) is 0 Å². The summed E-state index contributed by atoms with van der Waals surface area (Å²) in [5, 5.41) is 0. The zero-order chi connectivity index (χ0) is 13.7. The molecule has 0 spiro atoms. The Bertz CT molecular complexity index is 366. The van der Waals surface area contributed by atoms with Gasteiger partial charge in [-0.15, -0.1) is 0 Å². The van der Waals surface area contributed by atoms with E-state index in [4.69, 9.17) is 5.73 Å². The molecule has 2 aliphatic rings. The summed E-state index contributed by atoms with van der Waals surface area (Å²) in [5.41, 5.74) is 5.68. The van der Waals surface area contributed by atoms with Gasteiger partial charge in [-0.25, -0.2) is 4.72 Å². The van der Waals surface area contributed by atoms with Gasteiger partial charge in [0.15, 0.2) is 0 Å². The van der Waals surface area contributed by atoms with Crippen molar-refractivity contribution in [3.63, 3.8) is 0 Å². The summed E-state index contributed by atoms with van der Waals surface area (Å²) in [4.78, 5) is 0. The number of nitrogens with two attached hydrogens (primary N) is 1. The number of nitrogens with zero attached hydrogens (tertiary/aromatic N) is 1. The number of hydrogen-bond donors (Lipinski definition) is 2. The van der Waals surface area contributed by atoms with Gasteiger partial charge in [-0.3, -0.25) is 0 Å². The first-order valence-corrected chi connectivity index (χ1v) is 9.04. The average Bonchev–Trinajstić information content (AvgIpc) is 2.91. The molecule has 0 radical (unpaired) electrons. The lowest BCUT2D eigenvalue weighted by Crippen LogP contribution is -2.51. The maximum absolute atomic E-state index is 12.3. The Morgan fingerprint density at radius 2 is 1.79 bits per heavy atom. The van der Waals surface area contributed by atoms with Crippen molar-refractivity contribution < 1.29 is 8.42 Å². The van der Waals surface area contributed by atoms with E-state index in [1.807, 2.05) is 0 Å². The van der Waals surface area contributed by atoms with Crippen LogP contribution in [0.4, 0.5) is 0 Å². The third-order valence-electron chi connectivity index (χ3n) is 4.47. The predicted molar refractivity (Wildman–Crippen MR) is 76.9 cm³/mol. The molecule has 1 unspecified atom stereocenters. The molecule has 1 atom stereocenters. The number of hydrogen-bond acceptors (Lipinski definition) is 3. The Labute approximate surface area is 117 Å². The van der Waals surface area contributed by atoms with Gasteiger partial charge in [0.05, 0.1) is 0 Å². The van der Waals surface area contributed by atoms with E-state index in [0.717, 1.165) is 31.6 Å². The Kier molecular flexibility index (Phi) is 5.62. The molecule has 0 aromatic heterocycles. The Morgan fingerprint density at radius 3 is 2.47 bits per heavy atom. The molecule has 1 heterocycles. The first-order valence-electron chi connectivity index (χ1n) is 7.60. The van der Waals surface area contributed by atoms with Gasteiger partial charge in [-0.05, 0) is 25.2 Å². The standard InChI is InChI=1S/C13H27N3O2S/c14-11-13-7-3-4-10-16(13)19(17,18)15-9-8-12-5-1-2-6-12/h12-13,15H,1-11,14H2. The van der Waals surface area contributed by atoms with Gasteiger partial charge in [-0.1, -0.05) is 32.1 Å². The van der Waals surface area contributed by atoms with Crippen molar-refractivity contribution in [2.45, 2.75) is 57.4 Å². The van der Waals surface area contributed by atoms with Crippen LogP contribution in [0.3, 0.4) is 0 Å². The highest BCUT2D eigenvalue weighted by Gasteiger charge is 2.31. The first-order chi connectivity index (χ1) is 9.13. The van der Waals surface area contributed by atoms with Gasteiger partial charge >= 0.3 is 0 Å². The molecular formula is C13H27N3O2S. The van der Waals surface area contributed by atoms with E-state index in [1.165, 1.54) is 25.7 Å². The van der Waals surface area contributed by atoms with Crippen LogP contribution in [0.1, 0.15) is 51.4 Å². The van der Waals surface area contributed by atoms with Crippen molar-refractivity contribution in [2.75, 3.05) is 19.6 Å². The highest BCUT2D eigenvalue weighted by molar-refractivity contribution is 7.87. The summed E-state index contributed by atoms with van der Waals surface area (Å²) in [6, 6.07) is -0.0160. The molecule has 1 aliphatic carbocycles. The smallest absolute Gasteiger partial charge is 0.279 e. The molecule has 0 amide bonds. The van der Waals surface area contributed by atoms with E-state index in [1.54, 1.807) is 4.31 Å². The fourth-order valence-electron chi connectivity index (χ4n) is 3.30. The van der Waals surface area contributed by atoms with E-state index in [9.17, 15) is 8.42 Å². The number of piperidine rings is 1. The monoisotopic (exact) mass is 289 g/mol. The van der Waals surface area contributed by atoms with E-state index < -0.39 is 10.2 Å². The molecule has 2 rings (SSSR count). The number of rotatable bonds is 6. The maximum atomic E-state index is 12.3. The predicted octanol–water partition coefficient (Wildman–Crippen LogP) is 1.21. The summed E-state index contributed by atoms with van der Waals surface area (Å²) in [6.45, 7) is 1.60. The van der Waals surface area contributed by atoms with Crippen LogP contribution in [0.25, 0.3) is 0 Å². The molecule has 2 fully saturated rings. The van der Waals surface area contributed by atoms with Crippen LogP contribution >= 0.6 is 0 Å². The molecule has 112 valence electrons. The lowest BCUT2D eigenvalue weighted by atomic mass is 10.1. The van der Waals surface area contributed by atoms with Crippen molar-refractivity contribution in [3.05, 3.63) is 0 Å². The van der Waals surface area contributed by atoms with Crippen LogP contribution in [0.2, 0.25) is 0 Å². The fourth-order valence-corrected chi connectivity index (χ4v) is 4.80. The minimum absolute atomic E-state index is 0.0160. The highest BCUT2D eigenvalue weighted by Crippen LogP contribution is 2.27. The minimum Gasteiger partial charge on any atom is -0.329 e. The SMILES string of the molecule is NCC1CCCCN1S(=O)(=O)NCCC1CCCC1. The molecule has 1 saturated heterocycles. The van der Waals surface area contributed by atoms with Crippen LogP contribution in [0.15, 0.2) is 0 Å². The van der Waals surface area contributed by atoms with Gasteiger partial charge in [0, 0.05) is 25.7 Å². The summed E-state index contributed by atoms with van der Waals surface area (Å²) in [7, 11) is -3.33. The summed E-state index contributed by atoms with van der Waals surface area (Å²) in [6.07, 6.45) is 9.02. The second-order valence-electron chi connectivity index (χ2n) is 5.83. The lowest BCUT2D eigenvalue weighted by molar-refractivity contribution is 0.254. The van der Waals surface area contributed by atoms with Crippen molar-refractivity contribution in [1.82, 2.24) is 9.03 Å². The second kappa shape index (κ2) is 7.02. The van der Waals surface area contributed by atoms with Crippen molar-refractivity contribution in [1.29, 1.82) is 0 Å². The topological polar surface area (TPSA) is 75.4 Å². The summed E-state index contributed by atoms with van der Waals surface area (Å²) in [5.74, 6) is 0.717. The Hall–Kier alpha value is -0.170. The molecule has 6 heteroatoms. The van der Waals surface area contributed by atoms with Crippen LogP contribution in [0.5, 0.6) is 0 Å². The fraction of sp³-hybridized carbons (Fsp3) is 1.00. The van der Waals surface area contributed by atoms with Crippen molar-refractivity contribution >= 4 is 10.2 Å². The maximum Gasteiger partial charge on any atom is 0.279 e. The largest absolute Gasteiger partial charge is 0.329 e. The zero-order valence-electron chi connectivity index (χ0n) is 11.7. The molecule has 0 aromatic carbocycles. The van der Waals surface area contributed by atoms with E-state index >= 15 is 0 Å². The third-order valence-corrected chi connectivity index (χ3v) is 6.13. The third kappa shape index (κ3) is 4.15. The van der Waals surface area contributed by atoms with Gasteiger partial charge in [0.25, 0.3) is 10.2 Å². The van der Waals surface area contributed by atoms with E-state index in [-0.39, 0.29) is 6.04 Å². The molecule has 3 N–H and O–H groups in total. The highest BCUT2D eigenvalue weighted by atomic mass is 32.2. The quantitative estimate of drug-likeness (QED) is 0.772. The van der Waals surface area contributed by atoms with Crippen molar-refractivity contribution in [2.24, 2.45) is 11.7 Å². The Morgan fingerprint density at radius 1 is 1.11 bits per heavy atom. The normalized spacial score (nSPS) is 26.9. The molecule has 1 aliphatic heterocycles. The van der Waals surface area contributed by atoms with Gasteiger partial charge in [0.2, 0.25) is 0 Å². The average molecular weight is 289 g/mol. The summed E-state index contributed by atoms with van der Waals surface area (Å²) < 4.78 is 28.9. The molecule has 19 heavy (non-hydrogen) atoms. The summed E-state index contributed by atoms with van der Waals surface area (Å²) >= 11 is 0. The second-order valence-corrected chi connectivity index (χ2v) is 7.54. The Balaban J connectivity index is 1.82. The van der Waals surface area contributed by atoms with E-state index in [2.05, 4.69) is 4.72 Å². The lowest BCUT2D eigenvalue weighted by Gasteiger charge is -2.33. The van der Waals surface area contributed by atoms with Crippen LogP contribution < -0.4 is 10.5 Å². The molecule has 1 saturated carbocycles. The van der Waals surface area contributed by atoms with E-state index in [0.29, 0.717) is 19.6 Å².